The molecular formula is C11H9N3O2. The van der Waals surface area contributed by atoms with Gasteiger partial charge in [-0.3, -0.25) is 10.1 Å². The zero-order valence-electron chi connectivity index (χ0n) is 8.46. The van der Waals surface area contributed by atoms with Crippen LogP contribution in [-0.2, 0) is 12.8 Å². The number of aryl methyl sites for hydroxylation is 2. The Morgan fingerprint density at radius 2 is 2.25 bits per heavy atom. The number of nitrogens with zero attached hydrogens (tertiary/aromatic N) is 3. The van der Waals surface area contributed by atoms with E-state index in [2.05, 4.69) is 4.98 Å². The van der Waals surface area contributed by atoms with Gasteiger partial charge >= 0.3 is 0 Å². The maximum atomic E-state index is 10.7. The summed E-state index contributed by atoms with van der Waals surface area (Å²) in [5.74, 6) is 1.02. The number of aromatic nitrogens is 2. The molecule has 1 aliphatic rings. The average molecular weight is 215 g/mol. The fourth-order valence-electron chi connectivity index (χ4n) is 2.11. The van der Waals surface area contributed by atoms with Gasteiger partial charge in [0.05, 0.1) is 10.6 Å². The van der Waals surface area contributed by atoms with Crippen LogP contribution in [0.3, 0.4) is 0 Å². The van der Waals surface area contributed by atoms with Gasteiger partial charge in [0.15, 0.2) is 0 Å². The first-order chi connectivity index (χ1) is 7.75. The van der Waals surface area contributed by atoms with Crippen molar-refractivity contribution in [1.29, 1.82) is 0 Å². The molecule has 1 aromatic carbocycles. The number of fused-ring (bicyclic) bond motifs is 3. The molecule has 0 aliphatic carbocycles. The molecule has 1 aliphatic heterocycles. The highest BCUT2D eigenvalue weighted by Crippen LogP contribution is 2.27. The molecule has 0 atom stereocenters. The molecule has 0 saturated heterocycles. The van der Waals surface area contributed by atoms with E-state index in [1.165, 1.54) is 6.07 Å². The number of hydrogen-bond donors (Lipinski definition) is 0. The van der Waals surface area contributed by atoms with E-state index in [0.29, 0.717) is 0 Å². The lowest BCUT2D eigenvalue weighted by atomic mass is 10.0. The van der Waals surface area contributed by atoms with Crippen molar-refractivity contribution in [3.05, 3.63) is 52.1 Å². The van der Waals surface area contributed by atoms with Crippen LogP contribution in [0.15, 0.2) is 30.6 Å². The highest BCUT2D eigenvalue weighted by molar-refractivity contribution is 5.50. The minimum absolute atomic E-state index is 0.155. The molecule has 2 heterocycles. The van der Waals surface area contributed by atoms with E-state index >= 15 is 0 Å². The molecule has 0 bridgehead atoms. The third-order valence-corrected chi connectivity index (χ3v) is 2.87. The average Bonchev–Trinajstić information content (AvgIpc) is 2.76. The van der Waals surface area contributed by atoms with Gasteiger partial charge in [0.25, 0.3) is 5.69 Å². The van der Waals surface area contributed by atoms with Gasteiger partial charge in [0.1, 0.15) is 5.82 Å². The highest BCUT2D eigenvalue weighted by atomic mass is 16.6. The number of nitro benzene ring substituents is 1. The maximum Gasteiger partial charge on any atom is 0.269 e. The van der Waals surface area contributed by atoms with Gasteiger partial charge < -0.3 is 4.57 Å². The smallest absolute Gasteiger partial charge is 0.269 e. The van der Waals surface area contributed by atoms with E-state index in [9.17, 15) is 10.1 Å². The van der Waals surface area contributed by atoms with Gasteiger partial charge in [-0.25, -0.2) is 4.98 Å². The lowest BCUT2D eigenvalue weighted by Crippen LogP contribution is -2.11. The summed E-state index contributed by atoms with van der Waals surface area (Å²) in [6.07, 6.45) is 5.29. The van der Waals surface area contributed by atoms with Crippen molar-refractivity contribution in [2.75, 3.05) is 0 Å². The standard InChI is InChI=1S/C11H9N3O2/c15-14(16)9-2-3-10-8(7-9)1-4-11-12-5-6-13(10)11/h2-3,5-7H,1,4H2. The predicted octanol–water partition coefficient (Wildman–Crippen LogP) is 1.88. The predicted molar refractivity (Wildman–Crippen MR) is 57.6 cm³/mol. The topological polar surface area (TPSA) is 61.0 Å². The maximum absolute atomic E-state index is 10.7. The Balaban J connectivity index is 2.17. The number of hydrogen-bond acceptors (Lipinski definition) is 3. The molecular weight excluding hydrogens is 206 g/mol. The summed E-state index contributed by atoms with van der Waals surface area (Å²) < 4.78 is 1.99. The summed E-state index contributed by atoms with van der Waals surface area (Å²) in [5.41, 5.74) is 2.17. The fourth-order valence-corrected chi connectivity index (χ4v) is 2.11. The second-order valence-corrected chi connectivity index (χ2v) is 3.78. The van der Waals surface area contributed by atoms with Crippen molar-refractivity contribution in [2.45, 2.75) is 12.8 Å². The summed E-state index contributed by atoms with van der Waals surface area (Å²) in [6.45, 7) is 0. The first-order valence-electron chi connectivity index (χ1n) is 5.05. The Hall–Kier alpha value is -2.17. The molecule has 0 spiro atoms. The fraction of sp³-hybridized carbons (Fsp3) is 0.182. The van der Waals surface area contributed by atoms with Crippen LogP contribution in [0.25, 0.3) is 5.69 Å². The third-order valence-electron chi connectivity index (χ3n) is 2.87. The minimum atomic E-state index is -0.357. The SMILES string of the molecule is O=[N+]([O-])c1ccc2c(c1)CCc1nccn1-2. The minimum Gasteiger partial charge on any atom is -0.303 e. The van der Waals surface area contributed by atoms with Crippen LogP contribution < -0.4 is 0 Å². The molecule has 1 aromatic heterocycles. The van der Waals surface area contributed by atoms with E-state index in [-0.39, 0.29) is 10.6 Å². The Morgan fingerprint density at radius 3 is 3.06 bits per heavy atom. The van der Waals surface area contributed by atoms with Gasteiger partial charge in [-0.1, -0.05) is 0 Å². The van der Waals surface area contributed by atoms with Crippen LogP contribution in [0.5, 0.6) is 0 Å². The van der Waals surface area contributed by atoms with Crippen molar-refractivity contribution in [1.82, 2.24) is 9.55 Å². The summed E-state index contributed by atoms with van der Waals surface area (Å²) >= 11 is 0. The van der Waals surface area contributed by atoms with Crippen LogP contribution in [0.2, 0.25) is 0 Å². The number of nitro groups is 1. The second-order valence-electron chi connectivity index (χ2n) is 3.78. The molecule has 5 nitrogen and oxygen atoms in total. The van der Waals surface area contributed by atoms with E-state index in [1.807, 2.05) is 10.8 Å². The number of imidazole rings is 1. The van der Waals surface area contributed by atoms with Gasteiger partial charge in [0, 0.05) is 30.9 Å². The largest absolute Gasteiger partial charge is 0.303 e. The van der Waals surface area contributed by atoms with Crippen molar-refractivity contribution in [2.24, 2.45) is 0 Å². The lowest BCUT2D eigenvalue weighted by molar-refractivity contribution is -0.384. The van der Waals surface area contributed by atoms with E-state index in [0.717, 1.165) is 29.9 Å². The Labute approximate surface area is 91.5 Å². The number of rotatable bonds is 1. The molecule has 3 rings (SSSR count). The van der Waals surface area contributed by atoms with Crippen molar-refractivity contribution in [3.8, 4) is 5.69 Å². The zero-order valence-corrected chi connectivity index (χ0v) is 8.46. The normalized spacial score (nSPS) is 13.0. The first-order valence-corrected chi connectivity index (χ1v) is 5.05. The van der Waals surface area contributed by atoms with Crippen molar-refractivity contribution < 1.29 is 4.92 Å². The molecule has 16 heavy (non-hydrogen) atoms. The number of benzene rings is 1. The Morgan fingerprint density at radius 1 is 1.38 bits per heavy atom. The van der Waals surface area contributed by atoms with Crippen LogP contribution >= 0.6 is 0 Å². The zero-order chi connectivity index (χ0) is 11.1. The molecule has 0 N–H and O–H groups in total. The molecule has 0 amide bonds. The van der Waals surface area contributed by atoms with Crippen molar-refractivity contribution >= 4 is 5.69 Å². The van der Waals surface area contributed by atoms with E-state index < -0.39 is 0 Å². The van der Waals surface area contributed by atoms with Crippen LogP contribution in [0.4, 0.5) is 5.69 Å². The molecule has 80 valence electrons. The summed E-state index contributed by atoms with van der Waals surface area (Å²) in [6, 6.07) is 4.98. The Kier molecular flexibility index (Phi) is 1.80. The van der Waals surface area contributed by atoms with Gasteiger partial charge in [-0.2, -0.15) is 0 Å². The molecule has 5 heteroatoms. The molecule has 0 radical (unpaired) electrons. The first kappa shape index (κ1) is 9.08. The van der Waals surface area contributed by atoms with Gasteiger partial charge in [-0.05, 0) is 18.1 Å². The second kappa shape index (κ2) is 3.16. The van der Waals surface area contributed by atoms with E-state index in [4.69, 9.17) is 0 Å². The van der Waals surface area contributed by atoms with Crippen molar-refractivity contribution in [3.63, 3.8) is 0 Å². The third kappa shape index (κ3) is 1.21. The molecule has 2 aromatic rings. The van der Waals surface area contributed by atoms with E-state index in [1.54, 1.807) is 18.3 Å². The highest BCUT2D eigenvalue weighted by Gasteiger charge is 2.18. The summed E-state index contributed by atoms with van der Waals surface area (Å²) in [4.78, 5) is 14.6. The summed E-state index contributed by atoms with van der Waals surface area (Å²) in [5, 5.41) is 10.7. The van der Waals surface area contributed by atoms with Crippen LogP contribution in [-0.4, -0.2) is 14.5 Å². The summed E-state index contributed by atoms with van der Waals surface area (Å²) in [7, 11) is 0. The monoisotopic (exact) mass is 215 g/mol. The van der Waals surface area contributed by atoms with Gasteiger partial charge in [-0.15, -0.1) is 0 Å². The quantitative estimate of drug-likeness (QED) is 0.539. The van der Waals surface area contributed by atoms with Gasteiger partial charge in [0.2, 0.25) is 0 Å². The van der Waals surface area contributed by atoms with Crippen LogP contribution in [0.1, 0.15) is 11.4 Å². The molecule has 0 saturated carbocycles. The molecule has 0 unspecified atom stereocenters. The Bertz CT molecular complexity index is 574. The molecule has 0 fully saturated rings. The number of non-ortho nitro benzene ring substituents is 1. The lowest BCUT2D eigenvalue weighted by Gasteiger charge is -2.17. The van der Waals surface area contributed by atoms with Crippen LogP contribution in [0, 0.1) is 10.1 Å².